The van der Waals surface area contributed by atoms with E-state index in [4.69, 9.17) is 15.0 Å². The molecular formula is C20H20N4O3. The van der Waals surface area contributed by atoms with Crippen LogP contribution in [0.4, 0.5) is 0 Å². The summed E-state index contributed by atoms with van der Waals surface area (Å²) in [6, 6.07) is 9.61. The normalized spacial score (nSPS) is 16.3. The van der Waals surface area contributed by atoms with E-state index in [1.54, 1.807) is 19.3 Å². The predicted octanol–water partition coefficient (Wildman–Crippen LogP) is 1.72. The van der Waals surface area contributed by atoms with Crippen molar-refractivity contribution in [3.63, 3.8) is 0 Å². The third-order valence-corrected chi connectivity index (χ3v) is 4.36. The van der Waals surface area contributed by atoms with Gasteiger partial charge >= 0.3 is 0 Å². The number of hydrogen-bond acceptors (Lipinski definition) is 6. The Morgan fingerprint density at radius 1 is 1.33 bits per heavy atom. The topological polar surface area (TPSA) is 99.3 Å². The zero-order chi connectivity index (χ0) is 18.9. The number of aliphatic hydroxyl groups is 1. The minimum atomic E-state index is -0.640. The van der Waals surface area contributed by atoms with Gasteiger partial charge in [0, 0.05) is 29.6 Å². The third kappa shape index (κ3) is 3.78. The molecule has 7 nitrogen and oxygen atoms in total. The monoisotopic (exact) mass is 364 g/mol. The summed E-state index contributed by atoms with van der Waals surface area (Å²) >= 11 is 0. The molecule has 1 aliphatic heterocycles. The Bertz CT molecular complexity index is 988. The van der Waals surface area contributed by atoms with Crippen LogP contribution < -0.4 is 5.73 Å². The van der Waals surface area contributed by atoms with Crippen molar-refractivity contribution < 1.29 is 14.4 Å². The van der Waals surface area contributed by atoms with Gasteiger partial charge in [0.05, 0.1) is 19.8 Å². The summed E-state index contributed by atoms with van der Waals surface area (Å²) in [4.78, 5) is 4.16. The van der Waals surface area contributed by atoms with Gasteiger partial charge in [0.1, 0.15) is 23.2 Å². The van der Waals surface area contributed by atoms with Crippen LogP contribution in [0.1, 0.15) is 30.1 Å². The highest BCUT2D eigenvalue weighted by atomic mass is 16.5. The molecule has 138 valence electrons. The van der Waals surface area contributed by atoms with Gasteiger partial charge in [0.2, 0.25) is 0 Å². The summed E-state index contributed by atoms with van der Waals surface area (Å²) < 4.78 is 12.4. The van der Waals surface area contributed by atoms with E-state index in [-0.39, 0.29) is 0 Å². The van der Waals surface area contributed by atoms with Gasteiger partial charge in [-0.15, -0.1) is 0 Å². The molecule has 7 heteroatoms. The molecule has 0 bridgehead atoms. The van der Waals surface area contributed by atoms with Crippen LogP contribution in [-0.4, -0.2) is 38.6 Å². The molecule has 3 N–H and O–H groups in total. The Morgan fingerprint density at radius 2 is 2.11 bits per heavy atom. The lowest BCUT2D eigenvalue weighted by Gasteiger charge is -2.32. The van der Waals surface area contributed by atoms with E-state index in [9.17, 15) is 5.11 Å². The average Bonchev–Trinajstić information content (AvgIpc) is 3.29. The molecule has 1 atom stereocenters. The number of aromatic nitrogens is 3. The van der Waals surface area contributed by atoms with Crippen LogP contribution >= 0.6 is 0 Å². The molecule has 1 unspecified atom stereocenters. The first-order valence-electron chi connectivity index (χ1n) is 8.67. The quantitative estimate of drug-likeness (QED) is 0.684. The molecule has 0 saturated carbocycles. The van der Waals surface area contributed by atoms with Crippen molar-refractivity contribution >= 4 is 0 Å². The van der Waals surface area contributed by atoms with Crippen LogP contribution in [0.5, 0.6) is 0 Å². The molecule has 1 aromatic carbocycles. The number of aliphatic hydroxyl groups excluding tert-OH is 1. The zero-order valence-corrected chi connectivity index (χ0v) is 14.9. The molecule has 3 aromatic rings. The van der Waals surface area contributed by atoms with Crippen molar-refractivity contribution in [1.29, 1.82) is 0 Å². The summed E-state index contributed by atoms with van der Waals surface area (Å²) in [6.07, 6.45) is 2.82. The maximum absolute atomic E-state index is 9.74. The highest BCUT2D eigenvalue weighted by Crippen LogP contribution is 2.22. The van der Waals surface area contributed by atoms with Crippen molar-refractivity contribution in [2.45, 2.75) is 25.1 Å². The first-order valence-corrected chi connectivity index (χ1v) is 8.67. The molecule has 0 spiro atoms. The number of ether oxygens (including phenoxy) is 1. The molecule has 0 amide bonds. The van der Waals surface area contributed by atoms with Gasteiger partial charge in [-0.1, -0.05) is 17.0 Å². The molecule has 3 heterocycles. The fraction of sp³-hybridized carbons (Fsp3) is 0.300. The number of imidazole rings is 1. The van der Waals surface area contributed by atoms with Crippen LogP contribution in [-0.2, 0) is 11.3 Å². The van der Waals surface area contributed by atoms with Crippen molar-refractivity contribution in [3.05, 3.63) is 59.8 Å². The van der Waals surface area contributed by atoms with E-state index < -0.39 is 11.6 Å². The maximum Gasteiger partial charge on any atom is 0.167 e. The van der Waals surface area contributed by atoms with Gasteiger partial charge in [0.15, 0.2) is 5.76 Å². The largest absolute Gasteiger partial charge is 0.385 e. The average molecular weight is 364 g/mol. The molecule has 0 aliphatic carbocycles. The van der Waals surface area contributed by atoms with E-state index in [1.165, 1.54) is 0 Å². The SMILES string of the molecule is CC(O)c1nccn1Cc1cc(-c2ccc(C#CC3(N)COC3)cc2)on1. The van der Waals surface area contributed by atoms with Gasteiger partial charge in [-0.25, -0.2) is 4.98 Å². The number of nitrogens with two attached hydrogens (primary N) is 1. The maximum atomic E-state index is 9.74. The Kier molecular flexibility index (Phi) is 4.54. The van der Waals surface area contributed by atoms with E-state index >= 15 is 0 Å². The van der Waals surface area contributed by atoms with Gasteiger partial charge < -0.3 is 24.7 Å². The molecule has 1 fully saturated rings. The van der Waals surface area contributed by atoms with Crippen molar-refractivity contribution in [3.8, 4) is 23.2 Å². The highest BCUT2D eigenvalue weighted by molar-refractivity contribution is 5.59. The Morgan fingerprint density at radius 3 is 2.78 bits per heavy atom. The van der Waals surface area contributed by atoms with Crippen LogP contribution in [0.25, 0.3) is 11.3 Å². The lowest BCUT2D eigenvalue weighted by molar-refractivity contribution is -0.0229. The minimum Gasteiger partial charge on any atom is -0.385 e. The summed E-state index contributed by atoms with van der Waals surface area (Å²) in [7, 11) is 0. The van der Waals surface area contributed by atoms with Crippen molar-refractivity contribution in [1.82, 2.24) is 14.7 Å². The van der Waals surface area contributed by atoms with Crippen molar-refractivity contribution in [2.75, 3.05) is 13.2 Å². The Labute approximate surface area is 156 Å². The number of nitrogens with zero attached hydrogens (tertiary/aromatic N) is 3. The summed E-state index contributed by atoms with van der Waals surface area (Å²) in [5.41, 5.74) is 8.05. The van der Waals surface area contributed by atoms with Crippen LogP contribution in [0.3, 0.4) is 0 Å². The number of benzene rings is 1. The first kappa shape index (κ1) is 17.5. The highest BCUT2D eigenvalue weighted by Gasteiger charge is 2.31. The predicted molar refractivity (Wildman–Crippen MR) is 98.5 cm³/mol. The lowest BCUT2D eigenvalue weighted by atomic mass is 9.99. The minimum absolute atomic E-state index is 0.479. The van der Waals surface area contributed by atoms with E-state index in [2.05, 4.69) is 22.0 Å². The smallest absolute Gasteiger partial charge is 0.167 e. The molecule has 1 saturated heterocycles. The van der Waals surface area contributed by atoms with Gasteiger partial charge in [-0.05, 0) is 31.2 Å². The second kappa shape index (κ2) is 7.00. The van der Waals surface area contributed by atoms with Gasteiger partial charge in [0.25, 0.3) is 0 Å². The Balaban J connectivity index is 1.47. The molecule has 0 radical (unpaired) electrons. The molecular weight excluding hydrogens is 344 g/mol. The molecule has 1 aliphatic rings. The number of rotatable bonds is 4. The fourth-order valence-corrected chi connectivity index (χ4v) is 2.83. The van der Waals surface area contributed by atoms with E-state index in [1.807, 2.05) is 34.9 Å². The van der Waals surface area contributed by atoms with E-state index in [0.29, 0.717) is 31.3 Å². The summed E-state index contributed by atoms with van der Waals surface area (Å²) in [6.45, 7) is 3.12. The Hall–Kier alpha value is -2.92. The fourth-order valence-electron chi connectivity index (χ4n) is 2.83. The number of hydrogen-bond donors (Lipinski definition) is 2. The van der Waals surface area contributed by atoms with E-state index in [0.717, 1.165) is 16.8 Å². The summed E-state index contributed by atoms with van der Waals surface area (Å²) in [5, 5.41) is 13.9. The van der Waals surface area contributed by atoms with Crippen LogP contribution in [0.2, 0.25) is 0 Å². The van der Waals surface area contributed by atoms with Gasteiger partial charge in [-0.2, -0.15) is 0 Å². The first-order chi connectivity index (χ1) is 13.0. The van der Waals surface area contributed by atoms with Crippen LogP contribution in [0.15, 0.2) is 47.2 Å². The van der Waals surface area contributed by atoms with Gasteiger partial charge in [-0.3, -0.25) is 0 Å². The zero-order valence-electron chi connectivity index (χ0n) is 14.9. The second-order valence-electron chi connectivity index (χ2n) is 6.75. The lowest BCUT2D eigenvalue weighted by Crippen LogP contribution is -2.56. The van der Waals surface area contributed by atoms with Crippen molar-refractivity contribution in [2.24, 2.45) is 5.73 Å². The third-order valence-electron chi connectivity index (χ3n) is 4.36. The second-order valence-corrected chi connectivity index (χ2v) is 6.75. The molecule has 4 rings (SSSR count). The summed E-state index contributed by atoms with van der Waals surface area (Å²) in [5.74, 6) is 7.40. The molecule has 27 heavy (non-hydrogen) atoms. The molecule has 2 aromatic heterocycles. The standard InChI is InChI=1S/C20H20N4O3/c1-14(25)19-22-8-9-24(19)11-17-10-18(27-23-17)16-4-2-15(3-5-16)6-7-20(21)12-26-13-20/h2-5,8-10,14,25H,11-13,21H2,1H3. The van der Waals surface area contributed by atoms with Crippen LogP contribution in [0, 0.1) is 11.8 Å².